The van der Waals surface area contributed by atoms with E-state index < -0.39 is 0 Å². The summed E-state index contributed by atoms with van der Waals surface area (Å²) in [6.45, 7) is 3.12. The highest BCUT2D eigenvalue weighted by atomic mass is 16.2. The zero-order valence-corrected chi connectivity index (χ0v) is 13.0. The van der Waals surface area contributed by atoms with E-state index in [2.05, 4.69) is 0 Å². The van der Waals surface area contributed by atoms with Gasteiger partial charge in [0.15, 0.2) is 0 Å². The van der Waals surface area contributed by atoms with Gasteiger partial charge in [-0.15, -0.1) is 0 Å². The summed E-state index contributed by atoms with van der Waals surface area (Å²) < 4.78 is 0. The second kappa shape index (κ2) is 6.95. The Hall–Kier alpha value is -1.84. The predicted molar refractivity (Wildman–Crippen MR) is 85.5 cm³/mol. The standard InChI is InChI=1S/C18H24N2O2/c21-17(15-8-3-1-4-9-15)20-13-7-10-16(14-20)18(22)19-11-5-2-6-12-19/h1,3-4,8-9,16H,2,5-7,10-14H2/t16-/m0/s1. The summed E-state index contributed by atoms with van der Waals surface area (Å²) in [5.74, 6) is 0.293. The van der Waals surface area contributed by atoms with E-state index in [0.29, 0.717) is 12.1 Å². The number of benzene rings is 1. The number of piperidine rings is 2. The number of likely N-dealkylation sites (tertiary alicyclic amines) is 2. The topological polar surface area (TPSA) is 40.6 Å². The molecule has 0 N–H and O–H groups in total. The van der Waals surface area contributed by atoms with Crippen molar-refractivity contribution in [3.05, 3.63) is 35.9 Å². The first-order valence-electron chi connectivity index (χ1n) is 8.39. The van der Waals surface area contributed by atoms with Gasteiger partial charge in [-0.25, -0.2) is 0 Å². The quantitative estimate of drug-likeness (QED) is 0.842. The van der Waals surface area contributed by atoms with Crippen LogP contribution in [0.2, 0.25) is 0 Å². The lowest BCUT2D eigenvalue weighted by atomic mass is 9.95. The summed E-state index contributed by atoms with van der Waals surface area (Å²) >= 11 is 0. The average molecular weight is 300 g/mol. The van der Waals surface area contributed by atoms with Gasteiger partial charge in [0.05, 0.1) is 5.92 Å². The van der Waals surface area contributed by atoms with Crippen molar-refractivity contribution in [2.24, 2.45) is 5.92 Å². The van der Waals surface area contributed by atoms with Gasteiger partial charge in [-0.05, 0) is 44.2 Å². The minimum atomic E-state index is -0.0143. The molecule has 3 rings (SSSR count). The molecule has 4 heteroatoms. The van der Waals surface area contributed by atoms with Crippen molar-refractivity contribution < 1.29 is 9.59 Å². The fraction of sp³-hybridized carbons (Fsp3) is 0.556. The van der Waals surface area contributed by atoms with Gasteiger partial charge in [-0.1, -0.05) is 18.2 Å². The zero-order chi connectivity index (χ0) is 15.4. The summed E-state index contributed by atoms with van der Waals surface area (Å²) in [6.07, 6.45) is 5.29. The van der Waals surface area contributed by atoms with E-state index >= 15 is 0 Å². The molecule has 0 aliphatic carbocycles. The Kier molecular flexibility index (Phi) is 4.76. The number of amides is 2. The maximum absolute atomic E-state index is 12.6. The molecule has 2 aliphatic rings. The molecule has 118 valence electrons. The number of hydrogen-bond donors (Lipinski definition) is 0. The number of carbonyl (C=O) groups is 2. The van der Waals surface area contributed by atoms with Crippen molar-refractivity contribution >= 4 is 11.8 Å². The van der Waals surface area contributed by atoms with E-state index in [1.807, 2.05) is 40.1 Å². The van der Waals surface area contributed by atoms with Crippen LogP contribution < -0.4 is 0 Å². The Morgan fingerprint density at radius 1 is 0.864 bits per heavy atom. The van der Waals surface area contributed by atoms with Gasteiger partial charge in [0, 0.05) is 31.7 Å². The molecule has 1 aromatic carbocycles. The monoisotopic (exact) mass is 300 g/mol. The van der Waals surface area contributed by atoms with Crippen molar-refractivity contribution in [1.29, 1.82) is 0 Å². The average Bonchev–Trinajstić information content (AvgIpc) is 2.62. The van der Waals surface area contributed by atoms with Crippen molar-refractivity contribution in [3.63, 3.8) is 0 Å². The third kappa shape index (κ3) is 3.32. The Morgan fingerprint density at radius 2 is 1.55 bits per heavy atom. The molecule has 2 amide bonds. The predicted octanol–water partition coefficient (Wildman–Crippen LogP) is 2.55. The van der Waals surface area contributed by atoms with Crippen LogP contribution >= 0.6 is 0 Å². The molecule has 2 aliphatic heterocycles. The molecule has 0 unspecified atom stereocenters. The fourth-order valence-corrected chi connectivity index (χ4v) is 3.50. The molecule has 0 spiro atoms. The molecular weight excluding hydrogens is 276 g/mol. The highest BCUT2D eigenvalue weighted by Crippen LogP contribution is 2.22. The first kappa shape index (κ1) is 15.1. The third-order valence-corrected chi connectivity index (χ3v) is 4.75. The summed E-state index contributed by atoms with van der Waals surface area (Å²) in [7, 11) is 0. The van der Waals surface area contributed by atoms with Crippen LogP contribution in [0.25, 0.3) is 0 Å². The number of rotatable bonds is 2. The summed E-state index contributed by atoms with van der Waals surface area (Å²) in [6, 6.07) is 9.37. The number of hydrogen-bond acceptors (Lipinski definition) is 2. The van der Waals surface area contributed by atoms with E-state index in [4.69, 9.17) is 0 Å². The van der Waals surface area contributed by atoms with E-state index in [1.165, 1.54) is 6.42 Å². The Labute approximate surface area is 132 Å². The Balaban J connectivity index is 1.63. The van der Waals surface area contributed by atoms with Crippen molar-refractivity contribution in [1.82, 2.24) is 9.80 Å². The van der Waals surface area contributed by atoms with Gasteiger partial charge < -0.3 is 9.80 Å². The SMILES string of the molecule is O=C(c1ccccc1)N1CCC[C@H](C(=O)N2CCCCC2)C1. The van der Waals surface area contributed by atoms with E-state index in [1.54, 1.807) is 0 Å². The van der Waals surface area contributed by atoms with Crippen molar-refractivity contribution in [3.8, 4) is 0 Å². The van der Waals surface area contributed by atoms with Crippen LogP contribution in [0.3, 0.4) is 0 Å². The molecule has 1 aromatic rings. The van der Waals surface area contributed by atoms with Gasteiger partial charge >= 0.3 is 0 Å². The molecule has 2 saturated heterocycles. The molecule has 0 saturated carbocycles. The first-order valence-corrected chi connectivity index (χ1v) is 8.39. The largest absolute Gasteiger partial charge is 0.342 e. The van der Waals surface area contributed by atoms with Gasteiger partial charge in [-0.3, -0.25) is 9.59 Å². The molecule has 1 atom stereocenters. The van der Waals surface area contributed by atoms with Crippen LogP contribution in [0.4, 0.5) is 0 Å². The second-order valence-electron chi connectivity index (χ2n) is 6.34. The number of carbonyl (C=O) groups excluding carboxylic acids is 2. The van der Waals surface area contributed by atoms with E-state index in [-0.39, 0.29) is 17.7 Å². The van der Waals surface area contributed by atoms with Crippen LogP contribution in [0.15, 0.2) is 30.3 Å². The maximum Gasteiger partial charge on any atom is 0.253 e. The molecule has 22 heavy (non-hydrogen) atoms. The minimum Gasteiger partial charge on any atom is -0.342 e. The Bertz CT molecular complexity index is 523. The molecule has 2 heterocycles. The lowest BCUT2D eigenvalue weighted by Gasteiger charge is -2.36. The van der Waals surface area contributed by atoms with Gasteiger partial charge in [0.25, 0.3) is 5.91 Å². The third-order valence-electron chi connectivity index (χ3n) is 4.75. The molecule has 2 fully saturated rings. The zero-order valence-electron chi connectivity index (χ0n) is 13.0. The lowest BCUT2D eigenvalue weighted by molar-refractivity contribution is -0.137. The summed E-state index contributed by atoms with van der Waals surface area (Å²) in [4.78, 5) is 29.0. The highest BCUT2D eigenvalue weighted by Gasteiger charge is 2.31. The first-order chi connectivity index (χ1) is 10.8. The second-order valence-corrected chi connectivity index (χ2v) is 6.34. The van der Waals surface area contributed by atoms with Gasteiger partial charge in [-0.2, -0.15) is 0 Å². The fourth-order valence-electron chi connectivity index (χ4n) is 3.50. The van der Waals surface area contributed by atoms with Crippen LogP contribution in [0.5, 0.6) is 0 Å². The normalized spacial score (nSPS) is 22.5. The molecule has 0 aromatic heterocycles. The van der Waals surface area contributed by atoms with Crippen molar-refractivity contribution in [2.45, 2.75) is 32.1 Å². The van der Waals surface area contributed by atoms with Crippen LogP contribution in [0.1, 0.15) is 42.5 Å². The van der Waals surface area contributed by atoms with Crippen LogP contribution in [-0.4, -0.2) is 47.8 Å². The maximum atomic E-state index is 12.6. The lowest BCUT2D eigenvalue weighted by Crippen LogP contribution is -2.47. The van der Waals surface area contributed by atoms with Crippen LogP contribution in [0, 0.1) is 5.92 Å². The number of nitrogens with zero attached hydrogens (tertiary/aromatic N) is 2. The Morgan fingerprint density at radius 3 is 2.27 bits per heavy atom. The van der Waals surface area contributed by atoms with Gasteiger partial charge in [0.1, 0.15) is 0 Å². The van der Waals surface area contributed by atoms with Crippen molar-refractivity contribution in [2.75, 3.05) is 26.2 Å². The van der Waals surface area contributed by atoms with E-state index in [9.17, 15) is 9.59 Å². The van der Waals surface area contributed by atoms with E-state index in [0.717, 1.165) is 45.3 Å². The molecule has 4 nitrogen and oxygen atoms in total. The van der Waals surface area contributed by atoms with Gasteiger partial charge in [0.2, 0.25) is 5.91 Å². The van der Waals surface area contributed by atoms with Crippen LogP contribution in [-0.2, 0) is 4.79 Å². The molecule has 0 radical (unpaired) electrons. The molecular formula is C18H24N2O2. The summed E-state index contributed by atoms with van der Waals surface area (Å²) in [5.41, 5.74) is 0.716. The molecule has 0 bridgehead atoms. The smallest absolute Gasteiger partial charge is 0.253 e. The summed E-state index contributed by atoms with van der Waals surface area (Å²) in [5, 5.41) is 0. The highest BCUT2D eigenvalue weighted by molar-refractivity contribution is 5.94. The minimum absolute atomic E-state index is 0.0143.